The third-order valence-electron chi connectivity index (χ3n) is 5.27. The number of para-hydroxylation sites is 2. The molecule has 4 aromatic rings. The molecule has 4 heterocycles. The molecule has 3 aromatic heterocycles. The van der Waals surface area contributed by atoms with Gasteiger partial charge in [0.2, 0.25) is 5.91 Å². The summed E-state index contributed by atoms with van der Waals surface area (Å²) in [6, 6.07) is 11.6. The van der Waals surface area contributed by atoms with E-state index in [-0.39, 0.29) is 11.8 Å². The fraction of sp³-hybridized carbons (Fsp3) is 0.300. The van der Waals surface area contributed by atoms with Crippen LogP contribution in [0.4, 0.5) is 5.82 Å². The van der Waals surface area contributed by atoms with Gasteiger partial charge in [-0.25, -0.2) is 14.6 Å². The Bertz CT molecular complexity index is 1100. The minimum Gasteiger partial charge on any atom is -0.354 e. The predicted molar refractivity (Wildman–Crippen MR) is 110 cm³/mol. The van der Waals surface area contributed by atoms with Gasteiger partial charge in [-0.1, -0.05) is 12.1 Å². The van der Waals surface area contributed by atoms with Crippen LogP contribution >= 0.6 is 0 Å². The van der Waals surface area contributed by atoms with Crippen LogP contribution in [0.1, 0.15) is 18.7 Å². The molecule has 10 heteroatoms. The Balaban J connectivity index is 1.20. The minimum absolute atomic E-state index is 0.0346. The van der Waals surface area contributed by atoms with E-state index in [4.69, 9.17) is 0 Å². The van der Waals surface area contributed by atoms with E-state index in [9.17, 15) is 4.79 Å². The molecule has 5 rings (SSSR count). The van der Waals surface area contributed by atoms with Crippen LogP contribution in [0, 0.1) is 5.92 Å². The molecule has 2 N–H and O–H groups in total. The number of hydrogen-bond acceptors (Lipinski definition) is 7. The zero-order valence-electron chi connectivity index (χ0n) is 16.3. The molecular formula is C20H21N9O. The summed E-state index contributed by atoms with van der Waals surface area (Å²) >= 11 is 0. The van der Waals surface area contributed by atoms with Gasteiger partial charge in [0.05, 0.1) is 23.5 Å². The molecule has 1 aromatic carbocycles. The first-order valence-corrected chi connectivity index (χ1v) is 9.91. The van der Waals surface area contributed by atoms with E-state index in [1.54, 1.807) is 11.0 Å². The number of H-pyrrole nitrogens is 1. The average Bonchev–Trinajstić information content (AvgIpc) is 3.47. The number of benzene rings is 1. The van der Waals surface area contributed by atoms with Gasteiger partial charge in [-0.05, 0) is 37.1 Å². The third kappa shape index (κ3) is 3.71. The number of aromatic nitrogens is 7. The largest absolute Gasteiger partial charge is 0.354 e. The number of fused-ring (bicyclic) bond motifs is 1. The van der Waals surface area contributed by atoms with Crippen molar-refractivity contribution in [1.29, 1.82) is 0 Å². The second kappa shape index (κ2) is 7.90. The first-order valence-electron chi connectivity index (χ1n) is 9.91. The normalized spacial score (nSPS) is 16.7. The number of imidazole rings is 1. The van der Waals surface area contributed by atoms with Gasteiger partial charge < -0.3 is 15.2 Å². The van der Waals surface area contributed by atoms with Gasteiger partial charge in [0.1, 0.15) is 18.5 Å². The lowest BCUT2D eigenvalue weighted by atomic mass is 9.97. The molecule has 1 atom stereocenters. The number of carbonyl (C=O) groups is 1. The van der Waals surface area contributed by atoms with Crippen molar-refractivity contribution >= 4 is 22.8 Å². The number of aromatic amines is 1. The molecule has 152 valence electrons. The van der Waals surface area contributed by atoms with E-state index in [1.807, 2.05) is 36.4 Å². The topological polar surface area (TPSA) is 118 Å². The van der Waals surface area contributed by atoms with Gasteiger partial charge in [-0.3, -0.25) is 4.79 Å². The van der Waals surface area contributed by atoms with E-state index in [1.165, 1.54) is 6.33 Å². The number of rotatable bonds is 5. The number of amides is 1. The molecule has 1 unspecified atom stereocenters. The summed E-state index contributed by atoms with van der Waals surface area (Å²) < 4.78 is 1.56. The van der Waals surface area contributed by atoms with Gasteiger partial charge in [-0.2, -0.15) is 5.10 Å². The fourth-order valence-corrected chi connectivity index (χ4v) is 3.74. The molecule has 0 spiro atoms. The standard InChI is InChI=1S/C20H21N9O/c30-20(22-10-17-24-15-5-1-2-6-16(15)25-17)14-4-3-9-28(11-14)18-7-8-19(27-26-18)29-13-21-12-23-29/h1-2,5-8,12-14H,3-4,9-11H2,(H,22,30)(H,24,25). The monoisotopic (exact) mass is 403 g/mol. The number of hydrogen-bond donors (Lipinski definition) is 2. The van der Waals surface area contributed by atoms with Crippen LogP contribution < -0.4 is 10.2 Å². The first-order chi connectivity index (χ1) is 14.8. The van der Waals surface area contributed by atoms with Crippen molar-refractivity contribution in [3.05, 3.63) is 54.9 Å². The van der Waals surface area contributed by atoms with Crippen molar-refractivity contribution in [2.24, 2.45) is 5.92 Å². The van der Waals surface area contributed by atoms with Gasteiger partial charge >= 0.3 is 0 Å². The zero-order chi connectivity index (χ0) is 20.3. The minimum atomic E-state index is -0.0973. The van der Waals surface area contributed by atoms with Crippen molar-refractivity contribution in [2.75, 3.05) is 18.0 Å². The average molecular weight is 403 g/mol. The lowest BCUT2D eigenvalue weighted by molar-refractivity contribution is -0.125. The van der Waals surface area contributed by atoms with Crippen LogP contribution in [0.3, 0.4) is 0 Å². The van der Waals surface area contributed by atoms with Crippen LogP contribution in [-0.4, -0.2) is 53.9 Å². The number of carbonyl (C=O) groups excluding carboxylic acids is 1. The molecule has 1 fully saturated rings. The van der Waals surface area contributed by atoms with Gasteiger partial charge in [0, 0.05) is 13.1 Å². The number of nitrogens with zero attached hydrogens (tertiary/aromatic N) is 7. The predicted octanol–water partition coefficient (Wildman–Crippen LogP) is 1.47. The first kappa shape index (κ1) is 18.2. The molecule has 0 bridgehead atoms. The Labute approximate surface area is 172 Å². The third-order valence-corrected chi connectivity index (χ3v) is 5.27. The molecule has 1 aliphatic heterocycles. The Morgan fingerprint density at radius 3 is 2.83 bits per heavy atom. The summed E-state index contributed by atoms with van der Waals surface area (Å²) in [5.74, 6) is 2.06. The summed E-state index contributed by atoms with van der Waals surface area (Å²) in [6.45, 7) is 1.85. The Morgan fingerprint density at radius 1 is 1.17 bits per heavy atom. The van der Waals surface area contributed by atoms with Crippen molar-refractivity contribution < 1.29 is 4.79 Å². The van der Waals surface area contributed by atoms with Crippen molar-refractivity contribution in [3.63, 3.8) is 0 Å². The number of nitrogens with one attached hydrogen (secondary N) is 2. The fourth-order valence-electron chi connectivity index (χ4n) is 3.74. The maximum atomic E-state index is 12.7. The summed E-state index contributed by atoms with van der Waals surface area (Å²) in [7, 11) is 0. The molecule has 30 heavy (non-hydrogen) atoms. The van der Waals surface area contributed by atoms with Crippen LogP contribution in [0.15, 0.2) is 49.1 Å². The summed E-state index contributed by atoms with van der Waals surface area (Å²) in [6.07, 6.45) is 4.81. The van der Waals surface area contributed by atoms with Crippen molar-refractivity contribution in [2.45, 2.75) is 19.4 Å². The highest BCUT2D eigenvalue weighted by Gasteiger charge is 2.26. The highest BCUT2D eigenvalue weighted by atomic mass is 16.1. The number of anilines is 1. The number of piperidine rings is 1. The van der Waals surface area contributed by atoms with E-state index in [0.29, 0.717) is 18.9 Å². The molecule has 1 amide bonds. The maximum Gasteiger partial charge on any atom is 0.225 e. The molecule has 0 aliphatic carbocycles. The molecule has 10 nitrogen and oxygen atoms in total. The Kier molecular flexibility index (Phi) is 4.80. The molecule has 1 aliphatic rings. The molecule has 1 saturated heterocycles. The second-order valence-corrected chi connectivity index (χ2v) is 7.29. The van der Waals surface area contributed by atoms with Crippen LogP contribution in [0.25, 0.3) is 16.9 Å². The van der Waals surface area contributed by atoms with Crippen LogP contribution in [0.5, 0.6) is 0 Å². The molecule has 0 saturated carbocycles. The summed E-state index contributed by atoms with van der Waals surface area (Å²) in [4.78, 5) is 26.5. The Morgan fingerprint density at radius 2 is 2.03 bits per heavy atom. The van der Waals surface area contributed by atoms with Gasteiger partial charge in [-0.15, -0.1) is 10.2 Å². The highest BCUT2D eigenvalue weighted by Crippen LogP contribution is 2.22. The second-order valence-electron chi connectivity index (χ2n) is 7.29. The van der Waals surface area contributed by atoms with Gasteiger partial charge in [0.25, 0.3) is 0 Å². The zero-order valence-corrected chi connectivity index (χ0v) is 16.3. The molecule has 0 radical (unpaired) electrons. The van der Waals surface area contributed by atoms with E-state index in [0.717, 1.165) is 42.1 Å². The summed E-state index contributed by atoms with van der Waals surface area (Å²) in [5.41, 5.74) is 1.87. The maximum absolute atomic E-state index is 12.7. The van der Waals surface area contributed by atoms with Crippen LogP contribution in [0.2, 0.25) is 0 Å². The molecular weight excluding hydrogens is 382 g/mol. The SMILES string of the molecule is O=C(NCc1nc2ccccc2[nH]1)C1CCCN(c2ccc(-n3cncn3)nn2)C1. The van der Waals surface area contributed by atoms with Crippen LogP contribution in [-0.2, 0) is 11.3 Å². The van der Waals surface area contributed by atoms with E-state index >= 15 is 0 Å². The quantitative estimate of drug-likeness (QED) is 0.518. The van der Waals surface area contributed by atoms with Crippen molar-refractivity contribution in [3.8, 4) is 5.82 Å². The Hall–Kier alpha value is -3.82. The lowest BCUT2D eigenvalue weighted by Crippen LogP contribution is -2.43. The lowest BCUT2D eigenvalue weighted by Gasteiger charge is -2.32. The smallest absolute Gasteiger partial charge is 0.225 e. The van der Waals surface area contributed by atoms with E-state index in [2.05, 4.69) is 40.5 Å². The summed E-state index contributed by atoms with van der Waals surface area (Å²) in [5, 5.41) is 15.6. The van der Waals surface area contributed by atoms with E-state index < -0.39 is 0 Å². The van der Waals surface area contributed by atoms with Gasteiger partial charge in [0.15, 0.2) is 11.6 Å². The highest BCUT2D eigenvalue weighted by molar-refractivity contribution is 5.80. The van der Waals surface area contributed by atoms with Crippen molar-refractivity contribution in [1.82, 2.24) is 40.2 Å².